The molecule has 1 spiro atoms. The maximum atomic E-state index is 14.7. The molecule has 0 unspecified atom stereocenters. The highest BCUT2D eigenvalue weighted by atomic mass is 32.1. The third-order valence-electron chi connectivity index (χ3n) is 10.4. The van der Waals surface area contributed by atoms with Crippen LogP contribution in [0.25, 0.3) is 10.4 Å². The van der Waals surface area contributed by atoms with Gasteiger partial charge in [-0.15, -0.1) is 11.3 Å². The van der Waals surface area contributed by atoms with Gasteiger partial charge >= 0.3 is 6.18 Å². The zero-order valence-corrected chi connectivity index (χ0v) is 30.6. The van der Waals surface area contributed by atoms with E-state index in [1.807, 2.05) is 0 Å². The highest BCUT2D eigenvalue weighted by Crippen LogP contribution is 2.44. The summed E-state index contributed by atoms with van der Waals surface area (Å²) in [5.74, 6) is -4.46. The Morgan fingerprint density at radius 2 is 1.60 bits per heavy atom. The van der Waals surface area contributed by atoms with Gasteiger partial charge in [0.25, 0.3) is 17.7 Å². The Hall–Kier alpha value is -5.94. The molecular formula is C40H32F6N6O4S. The number of ether oxygens (including phenoxy) is 1. The van der Waals surface area contributed by atoms with Crippen molar-refractivity contribution in [1.82, 2.24) is 4.98 Å². The molecule has 17 heteroatoms. The average Bonchev–Trinajstić information content (AvgIpc) is 3.53. The number of carbonyl (C=O) groups excluding carboxylic acids is 3. The Labute approximate surface area is 325 Å². The molecule has 0 radical (unpaired) electrons. The van der Waals surface area contributed by atoms with Gasteiger partial charge in [0, 0.05) is 66.0 Å². The van der Waals surface area contributed by atoms with Crippen molar-refractivity contribution >= 4 is 57.6 Å². The first kappa shape index (κ1) is 38.0. The molecule has 0 atom stereocenters. The van der Waals surface area contributed by atoms with Crippen LogP contribution >= 0.6 is 11.3 Å². The molecule has 3 aliphatic rings. The zero-order valence-electron chi connectivity index (χ0n) is 29.8. The minimum Gasteiger partial charge on any atom is -0.397 e. The van der Waals surface area contributed by atoms with E-state index in [1.54, 1.807) is 11.0 Å². The number of nitrogens with zero attached hydrogens (tertiary/aromatic N) is 3. The third-order valence-corrected chi connectivity index (χ3v) is 11.6. The van der Waals surface area contributed by atoms with E-state index in [-0.39, 0.29) is 63.0 Å². The lowest BCUT2D eigenvalue weighted by Gasteiger charge is -2.53. The number of hydrogen-bond acceptors (Lipinski definition) is 8. The van der Waals surface area contributed by atoms with Crippen molar-refractivity contribution in [3.63, 3.8) is 0 Å². The number of carbonyl (C=O) groups is 3. The fourth-order valence-electron chi connectivity index (χ4n) is 7.45. The third kappa shape index (κ3) is 7.39. The number of benzene rings is 3. The maximum Gasteiger partial charge on any atom is 0.433 e. The van der Waals surface area contributed by atoms with E-state index in [1.165, 1.54) is 47.4 Å². The van der Waals surface area contributed by atoms with Crippen molar-refractivity contribution in [3.05, 3.63) is 118 Å². The number of hydrogen-bond donors (Lipinski definition) is 3. The molecule has 2 saturated heterocycles. The Morgan fingerprint density at radius 3 is 2.30 bits per heavy atom. The summed E-state index contributed by atoms with van der Waals surface area (Å²) in [5.41, 5.74) is 5.70. The summed E-state index contributed by atoms with van der Waals surface area (Å²) < 4.78 is 89.1. The number of anilines is 5. The lowest BCUT2D eigenvalue weighted by molar-refractivity contribution is -0.141. The number of nitrogens with one attached hydrogen (secondary N) is 2. The van der Waals surface area contributed by atoms with Gasteiger partial charge < -0.3 is 30.9 Å². The number of amides is 3. The summed E-state index contributed by atoms with van der Waals surface area (Å²) >= 11 is 1.05. The predicted octanol–water partition coefficient (Wildman–Crippen LogP) is 8.15. The molecule has 0 saturated carbocycles. The molecule has 2 aromatic heterocycles. The quantitative estimate of drug-likeness (QED) is 0.117. The van der Waals surface area contributed by atoms with E-state index < -0.39 is 47.0 Å². The van der Waals surface area contributed by atoms with Gasteiger partial charge in [0.05, 0.1) is 21.8 Å². The molecule has 2 fully saturated rings. The number of halogens is 6. The lowest BCUT2D eigenvalue weighted by atomic mass is 9.73. The number of aromatic nitrogens is 1. The van der Waals surface area contributed by atoms with Gasteiger partial charge in [0.2, 0.25) is 0 Å². The number of nitrogens with two attached hydrogens (primary N) is 1. The van der Waals surface area contributed by atoms with Crippen LogP contribution in [0.2, 0.25) is 0 Å². The Morgan fingerprint density at radius 1 is 0.860 bits per heavy atom. The van der Waals surface area contributed by atoms with Crippen LogP contribution in [0, 0.1) is 22.9 Å². The smallest absolute Gasteiger partial charge is 0.397 e. The molecule has 10 nitrogen and oxygen atoms in total. The van der Waals surface area contributed by atoms with Crippen molar-refractivity contribution < 1.29 is 45.5 Å². The monoisotopic (exact) mass is 806 g/mol. The highest BCUT2D eigenvalue weighted by molar-refractivity contribution is 7.17. The van der Waals surface area contributed by atoms with E-state index in [4.69, 9.17) is 10.5 Å². The fourth-order valence-corrected chi connectivity index (χ4v) is 8.59. The lowest BCUT2D eigenvalue weighted by Crippen LogP contribution is -2.59. The van der Waals surface area contributed by atoms with Crippen molar-refractivity contribution in [1.29, 1.82) is 0 Å². The van der Waals surface area contributed by atoms with Crippen molar-refractivity contribution in [3.8, 4) is 10.4 Å². The largest absolute Gasteiger partial charge is 0.433 e. The summed E-state index contributed by atoms with van der Waals surface area (Å²) in [4.78, 5) is 48.4. The molecule has 3 aromatic carbocycles. The van der Waals surface area contributed by atoms with E-state index >= 15 is 0 Å². The number of alkyl halides is 3. The average molecular weight is 807 g/mol. The Bertz CT molecular complexity index is 2400. The second-order valence-corrected chi connectivity index (χ2v) is 15.3. The van der Waals surface area contributed by atoms with Crippen LogP contribution in [0.1, 0.15) is 54.5 Å². The highest BCUT2D eigenvalue weighted by Gasteiger charge is 2.46. The van der Waals surface area contributed by atoms with Crippen molar-refractivity contribution in [2.24, 2.45) is 5.41 Å². The molecule has 57 heavy (non-hydrogen) atoms. The molecule has 5 aromatic rings. The number of pyridine rings is 1. The van der Waals surface area contributed by atoms with Gasteiger partial charge in [-0.05, 0) is 91.6 Å². The summed E-state index contributed by atoms with van der Waals surface area (Å²) in [6.45, 7) is 2.11. The molecule has 3 amide bonds. The van der Waals surface area contributed by atoms with Gasteiger partial charge in [0.15, 0.2) is 5.82 Å². The van der Waals surface area contributed by atoms with E-state index in [2.05, 4.69) is 15.6 Å². The van der Waals surface area contributed by atoms with Crippen molar-refractivity contribution in [2.45, 2.75) is 25.4 Å². The fraction of sp³-hybridized carbons (Fsp3) is 0.250. The first-order valence-electron chi connectivity index (χ1n) is 17.8. The van der Waals surface area contributed by atoms with Crippen molar-refractivity contribution in [2.75, 3.05) is 59.0 Å². The molecular weight excluding hydrogens is 775 g/mol. The van der Waals surface area contributed by atoms with Crippen LogP contribution in [0.4, 0.5) is 54.9 Å². The van der Waals surface area contributed by atoms with Crippen LogP contribution < -0.4 is 26.2 Å². The Kier molecular flexibility index (Phi) is 9.68. The number of rotatable bonds is 6. The SMILES string of the molecule is Nc1cc(F)cc(F)c1NC(=O)c1cc2c(s1)-c1ccc(F)cc1N(C(=O)c1ccc(NC(=O)c3ccc(C(F)(F)F)nc3N3CC4(CCOCC4)C3)cc1)CC2. The molecule has 4 N–H and O–H groups in total. The Balaban J connectivity index is 1.00. The molecule has 0 aliphatic carbocycles. The van der Waals surface area contributed by atoms with Gasteiger partial charge in [-0.1, -0.05) is 0 Å². The number of thiophene rings is 1. The van der Waals surface area contributed by atoms with Crippen LogP contribution in [0.15, 0.2) is 72.8 Å². The van der Waals surface area contributed by atoms with Crippen LogP contribution in [-0.2, 0) is 17.3 Å². The number of nitrogen functional groups attached to an aromatic ring is 1. The van der Waals surface area contributed by atoms with E-state index in [9.17, 15) is 40.7 Å². The topological polar surface area (TPSA) is 130 Å². The first-order chi connectivity index (χ1) is 27.2. The minimum atomic E-state index is -4.71. The summed E-state index contributed by atoms with van der Waals surface area (Å²) in [7, 11) is 0. The second kappa shape index (κ2) is 14.5. The van der Waals surface area contributed by atoms with Gasteiger partial charge in [-0.3, -0.25) is 14.4 Å². The van der Waals surface area contributed by atoms with Crippen LogP contribution in [-0.4, -0.2) is 55.6 Å². The molecule has 3 aliphatic heterocycles. The summed E-state index contributed by atoms with van der Waals surface area (Å²) in [5, 5.41) is 5.09. The minimum absolute atomic E-state index is 0.0341. The molecule has 294 valence electrons. The van der Waals surface area contributed by atoms with Gasteiger partial charge in [-0.2, -0.15) is 13.2 Å². The second-order valence-electron chi connectivity index (χ2n) is 14.2. The normalized spacial score (nSPS) is 16.0. The zero-order chi connectivity index (χ0) is 40.2. The molecule has 8 rings (SSSR count). The van der Waals surface area contributed by atoms with Gasteiger partial charge in [0.1, 0.15) is 28.8 Å². The standard InChI is InChI=1S/C40H32F6N6O4S/c41-23-3-6-26-30(18-23)52(12-9-22-15-31(57-34(22)26)37(54)50-33-28(43)16-24(42)17-29(33)47)38(55)21-1-4-25(5-2-21)48-36(53)27-7-8-32(40(44,45)46)49-35(27)51-19-39(20-51)10-13-56-14-11-39/h1-8,15-18H,9-14,19-20,47H2,(H,48,53)(H,50,54). The first-order valence-corrected chi connectivity index (χ1v) is 18.6. The maximum absolute atomic E-state index is 14.7. The molecule has 0 bridgehead atoms. The van der Waals surface area contributed by atoms with Crippen LogP contribution in [0.3, 0.4) is 0 Å². The predicted molar refractivity (Wildman–Crippen MR) is 202 cm³/mol. The molecule has 5 heterocycles. The van der Waals surface area contributed by atoms with E-state index in [0.29, 0.717) is 48.4 Å². The number of fused-ring (bicyclic) bond motifs is 3. The summed E-state index contributed by atoms with van der Waals surface area (Å²) in [6.07, 6.45) is -2.92. The summed E-state index contributed by atoms with van der Waals surface area (Å²) in [6, 6.07) is 14.8. The van der Waals surface area contributed by atoms with E-state index in [0.717, 1.165) is 42.4 Å². The van der Waals surface area contributed by atoms with Crippen LogP contribution in [0.5, 0.6) is 0 Å². The van der Waals surface area contributed by atoms with Gasteiger partial charge in [-0.25, -0.2) is 18.2 Å².